The SMILES string of the molecule is CC(C)(C)OC(=O)NC1CCCCC/C=C/C2CC2(C(=O)NS(=O)(=O)C2CC2)NC(=O)C2CC(OC(=O)c3cccnc3)CN2C1=O. The number of fused-ring (bicyclic) bond motifs is 2. The first kappa shape index (κ1) is 34.3. The highest BCUT2D eigenvalue weighted by molar-refractivity contribution is 7.91. The number of alkyl carbamates (subject to hydrolysis) is 1. The zero-order chi connectivity index (χ0) is 34.0. The third kappa shape index (κ3) is 8.48. The van der Waals surface area contributed by atoms with Crippen molar-refractivity contribution in [2.45, 2.75) is 113 Å². The fourth-order valence-electron chi connectivity index (χ4n) is 6.00. The molecule has 0 spiro atoms. The summed E-state index contributed by atoms with van der Waals surface area (Å²) < 4.78 is 38.6. The lowest BCUT2D eigenvalue weighted by Gasteiger charge is -2.30. The molecule has 2 saturated carbocycles. The second kappa shape index (κ2) is 13.6. The van der Waals surface area contributed by atoms with Gasteiger partial charge in [0.15, 0.2) is 0 Å². The van der Waals surface area contributed by atoms with Gasteiger partial charge in [0.2, 0.25) is 21.8 Å². The van der Waals surface area contributed by atoms with Crippen LogP contribution in [0.3, 0.4) is 0 Å². The first-order valence-corrected chi connectivity index (χ1v) is 17.7. The first-order valence-electron chi connectivity index (χ1n) is 16.1. The Bertz CT molecular complexity index is 1520. The third-order valence-corrected chi connectivity index (χ3v) is 10.5. The van der Waals surface area contributed by atoms with Crippen molar-refractivity contribution in [3.63, 3.8) is 0 Å². The Morgan fingerprint density at radius 2 is 1.87 bits per heavy atom. The number of hydrogen-bond donors (Lipinski definition) is 3. The number of sulfonamides is 1. The molecule has 3 heterocycles. The molecule has 1 saturated heterocycles. The molecule has 1 aromatic heterocycles. The number of pyridine rings is 1. The molecular formula is C32H43N5O9S. The summed E-state index contributed by atoms with van der Waals surface area (Å²) in [6.07, 6.45) is 9.01. The standard InChI is InChI=1S/C32H43N5O9S/c1-31(2,3)46-30(42)34-24-12-8-6-4-5-7-11-21-17-32(21,29(41)36-47(43,44)23-13-14-23)35-26(38)25-16-22(19-37(25)27(24)39)45-28(40)20-10-9-15-33-18-20/h7,9-11,15,18,21-25H,4-6,8,12-14,16-17,19H2,1-3H3,(H,34,42)(H,35,38)(H,36,41)/b11-7+. The Hall–Kier alpha value is -4.01. The highest BCUT2D eigenvalue weighted by atomic mass is 32.2. The molecule has 3 N–H and O–H groups in total. The number of carbonyl (C=O) groups is 5. The molecule has 47 heavy (non-hydrogen) atoms. The molecule has 256 valence electrons. The van der Waals surface area contributed by atoms with Crippen molar-refractivity contribution in [3.8, 4) is 0 Å². The van der Waals surface area contributed by atoms with Crippen molar-refractivity contribution in [1.82, 2.24) is 25.2 Å². The summed E-state index contributed by atoms with van der Waals surface area (Å²) in [5, 5.41) is 4.81. The molecule has 0 aromatic carbocycles. The van der Waals surface area contributed by atoms with E-state index in [9.17, 15) is 32.4 Å². The summed E-state index contributed by atoms with van der Waals surface area (Å²) in [6, 6.07) is 0.884. The van der Waals surface area contributed by atoms with Crippen LogP contribution in [0.4, 0.5) is 4.79 Å². The number of allylic oxidation sites excluding steroid dienone is 1. The smallest absolute Gasteiger partial charge is 0.408 e. The number of nitrogens with zero attached hydrogens (tertiary/aromatic N) is 2. The zero-order valence-corrected chi connectivity index (χ0v) is 27.7. The predicted octanol–water partition coefficient (Wildman–Crippen LogP) is 2.10. The Labute approximate surface area is 274 Å². The second-order valence-corrected chi connectivity index (χ2v) is 15.7. The third-order valence-electron chi connectivity index (χ3n) is 8.70. The average Bonchev–Trinajstić information content (AvgIpc) is 3.92. The van der Waals surface area contributed by atoms with Crippen molar-refractivity contribution >= 4 is 39.8 Å². The van der Waals surface area contributed by atoms with E-state index >= 15 is 0 Å². The normalized spacial score (nSPS) is 29.1. The molecule has 3 fully saturated rings. The summed E-state index contributed by atoms with van der Waals surface area (Å²) >= 11 is 0. The van der Waals surface area contributed by atoms with Crippen molar-refractivity contribution in [2.75, 3.05) is 6.54 Å². The molecule has 0 bridgehead atoms. The van der Waals surface area contributed by atoms with Gasteiger partial charge in [0.1, 0.15) is 29.3 Å². The largest absolute Gasteiger partial charge is 0.457 e. The van der Waals surface area contributed by atoms with Crippen LogP contribution in [0.1, 0.15) is 88.9 Å². The van der Waals surface area contributed by atoms with Crippen LogP contribution in [0.15, 0.2) is 36.7 Å². The highest BCUT2D eigenvalue weighted by Crippen LogP contribution is 2.46. The Balaban J connectivity index is 1.42. The number of carbonyl (C=O) groups excluding carboxylic acids is 5. The number of ether oxygens (including phenoxy) is 2. The number of aromatic nitrogens is 1. The summed E-state index contributed by atoms with van der Waals surface area (Å²) in [7, 11) is -3.89. The average molecular weight is 674 g/mol. The van der Waals surface area contributed by atoms with E-state index in [2.05, 4.69) is 20.3 Å². The van der Waals surface area contributed by atoms with Gasteiger partial charge in [0.05, 0.1) is 17.4 Å². The van der Waals surface area contributed by atoms with Crippen LogP contribution in [0, 0.1) is 5.92 Å². The van der Waals surface area contributed by atoms with Gasteiger partial charge in [-0.05, 0) is 71.4 Å². The van der Waals surface area contributed by atoms with Crippen LogP contribution in [-0.2, 0) is 33.9 Å². The highest BCUT2D eigenvalue weighted by Gasteiger charge is 2.62. The van der Waals surface area contributed by atoms with E-state index in [0.717, 1.165) is 12.8 Å². The van der Waals surface area contributed by atoms with Crippen LogP contribution < -0.4 is 15.4 Å². The second-order valence-electron chi connectivity index (χ2n) is 13.7. The first-order chi connectivity index (χ1) is 22.2. The van der Waals surface area contributed by atoms with E-state index in [1.54, 1.807) is 26.8 Å². The summed E-state index contributed by atoms with van der Waals surface area (Å²) in [6.45, 7) is 4.96. The minimum atomic E-state index is -3.89. The molecule has 4 aliphatic rings. The van der Waals surface area contributed by atoms with Crippen molar-refractivity contribution in [2.24, 2.45) is 5.92 Å². The van der Waals surface area contributed by atoms with Gasteiger partial charge >= 0.3 is 12.1 Å². The number of rotatable bonds is 6. The fourth-order valence-corrected chi connectivity index (χ4v) is 7.36. The molecule has 1 aromatic rings. The van der Waals surface area contributed by atoms with Gasteiger partial charge in [0, 0.05) is 24.7 Å². The molecular weight excluding hydrogens is 630 g/mol. The van der Waals surface area contributed by atoms with E-state index < -0.39 is 80.3 Å². The molecule has 2 aliphatic heterocycles. The Morgan fingerprint density at radius 1 is 1.11 bits per heavy atom. The molecule has 5 unspecified atom stereocenters. The lowest BCUT2D eigenvalue weighted by Crippen LogP contribution is -2.58. The van der Waals surface area contributed by atoms with Gasteiger partial charge in [-0.1, -0.05) is 25.0 Å². The lowest BCUT2D eigenvalue weighted by atomic mass is 10.0. The van der Waals surface area contributed by atoms with Gasteiger partial charge in [-0.25, -0.2) is 18.0 Å². The molecule has 14 nitrogen and oxygen atoms in total. The summed E-state index contributed by atoms with van der Waals surface area (Å²) in [4.78, 5) is 72.6. The molecule has 0 radical (unpaired) electrons. The zero-order valence-electron chi connectivity index (χ0n) is 26.9. The van der Waals surface area contributed by atoms with Crippen LogP contribution in [-0.4, -0.2) is 89.2 Å². The summed E-state index contributed by atoms with van der Waals surface area (Å²) in [5.74, 6) is -3.21. The van der Waals surface area contributed by atoms with Crippen molar-refractivity contribution in [1.29, 1.82) is 0 Å². The quantitative estimate of drug-likeness (QED) is 0.298. The van der Waals surface area contributed by atoms with E-state index in [-0.39, 0.29) is 31.4 Å². The fraction of sp³-hybridized carbons (Fsp3) is 0.625. The maximum Gasteiger partial charge on any atom is 0.408 e. The van der Waals surface area contributed by atoms with Crippen molar-refractivity contribution in [3.05, 3.63) is 42.2 Å². The topological polar surface area (TPSA) is 190 Å². The van der Waals surface area contributed by atoms with E-state index in [4.69, 9.17) is 9.47 Å². The molecule has 2 aliphatic carbocycles. The number of nitrogens with one attached hydrogen (secondary N) is 3. The van der Waals surface area contributed by atoms with Crippen LogP contribution in [0.25, 0.3) is 0 Å². The Morgan fingerprint density at radius 3 is 2.55 bits per heavy atom. The van der Waals surface area contributed by atoms with Crippen molar-refractivity contribution < 1.29 is 41.9 Å². The molecule has 15 heteroatoms. The van der Waals surface area contributed by atoms with E-state index in [0.29, 0.717) is 25.7 Å². The van der Waals surface area contributed by atoms with Gasteiger partial charge in [-0.2, -0.15) is 0 Å². The number of esters is 1. The Kier molecular flexibility index (Phi) is 9.94. The molecule has 5 atom stereocenters. The molecule has 4 amide bonds. The van der Waals surface area contributed by atoms with Crippen LogP contribution >= 0.6 is 0 Å². The van der Waals surface area contributed by atoms with E-state index in [1.165, 1.54) is 23.4 Å². The minimum absolute atomic E-state index is 0.0820. The van der Waals surface area contributed by atoms with Gasteiger partial charge in [0.25, 0.3) is 5.91 Å². The lowest BCUT2D eigenvalue weighted by molar-refractivity contribution is -0.141. The maximum atomic E-state index is 14.1. The van der Waals surface area contributed by atoms with Crippen LogP contribution in [0.5, 0.6) is 0 Å². The van der Waals surface area contributed by atoms with Gasteiger partial charge < -0.3 is 25.0 Å². The minimum Gasteiger partial charge on any atom is -0.457 e. The number of hydrogen-bond acceptors (Lipinski definition) is 10. The van der Waals surface area contributed by atoms with Crippen LogP contribution in [0.2, 0.25) is 0 Å². The monoisotopic (exact) mass is 673 g/mol. The van der Waals surface area contributed by atoms with Gasteiger partial charge in [-0.3, -0.25) is 24.1 Å². The summed E-state index contributed by atoms with van der Waals surface area (Å²) in [5.41, 5.74) is -2.15. The van der Waals surface area contributed by atoms with E-state index in [1.807, 2.05) is 12.2 Å². The molecule has 5 rings (SSSR count). The maximum absolute atomic E-state index is 14.1. The van der Waals surface area contributed by atoms with Gasteiger partial charge in [-0.15, -0.1) is 0 Å². The predicted molar refractivity (Wildman–Crippen MR) is 168 cm³/mol. The number of amides is 4.